The van der Waals surface area contributed by atoms with Crippen LogP contribution in [0.4, 0.5) is 0 Å². The lowest BCUT2D eigenvalue weighted by atomic mass is 9.78. The van der Waals surface area contributed by atoms with E-state index in [9.17, 15) is 4.79 Å². The van der Waals surface area contributed by atoms with Gasteiger partial charge in [0.25, 0.3) is 0 Å². The third-order valence-corrected chi connectivity index (χ3v) is 41.1. The summed E-state index contributed by atoms with van der Waals surface area (Å²) in [6.07, 6.45) is 11.6. The summed E-state index contributed by atoms with van der Waals surface area (Å²) in [4.78, 5) is 14.5. The van der Waals surface area contributed by atoms with Gasteiger partial charge in [-0.05, 0) is 177 Å². The van der Waals surface area contributed by atoms with E-state index >= 15 is 0 Å². The second kappa shape index (κ2) is 31.3. The van der Waals surface area contributed by atoms with Gasteiger partial charge in [-0.1, -0.05) is 155 Å². The van der Waals surface area contributed by atoms with Gasteiger partial charge in [-0.15, -0.1) is 6.58 Å². The molecule has 91 heavy (non-hydrogen) atoms. The number of carbonyl (C=O) groups excluding carboxylic acids is 1. The second-order valence-electron chi connectivity index (χ2n) is 34.5. The van der Waals surface area contributed by atoms with Gasteiger partial charge in [-0.2, -0.15) is 0 Å². The molecule has 5 aliphatic rings. The molecule has 6 rings (SSSR count). The highest BCUT2D eigenvalue weighted by Gasteiger charge is 2.59. The normalized spacial score (nSPS) is 32.3. The van der Waals surface area contributed by atoms with E-state index in [1.54, 1.807) is 13.2 Å². The highest BCUT2D eigenvalue weighted by molar-refractivity contribution is 6.75. The van der Waals surface area contributed by atoms with Crippen LogP contribution in [0.15, 0.2) is 73.4 Å². The summed E-state index contributed by atoms with van der Waals surface area (Å²) in [6.45, 7) is 69.0. The maximum absolute atomic E-state index is 14.5. The van der Waals surface area contributed by atoms with Crippen molar-refractivity contribution in [3.63, 3.8) is 0 Å². The Labute approximate surface area is 559 Å². The minimum absolute atomic E-state index is 0.00284. The minimum Gasteiger partial charge on any atom is -0.497 e. The Morgan fingerprint density at radius 1 is 0.637 bits per heavy atom. The molecule has 1 aromatic carbocycles. The summed E-state index contributed by atoms with van der Waals surface area (Å²) < 4.78 is 78.7. The SMILES string of the molecule is C=CCC[C@@H]1O[C@@H]([C@H](/C=C/C(=O)CC[C@H]2CC(=C)C(CC[C@H]3C[C@@H](C)C(=C)C(C[C@@H]4OC5C[C@@H](C)[C@@H](CCC)O[C@H]5[C@H](C)[C@H]4OCc4ccc(OC)cc4)O3)O2)O[Si](C)(C)C(C)(C)C)[C@@H](O[Si](C)(C)C(C)(C)C)[C@@H](O[Si](C)(C)C(C)(C)C)[C@H]1O[Si](C)(C)C(C)(C)C. The monoisotopic (exact) mass is 1340 g/mol. The van der Waals surface area contributed by atoms with Crippen LogP contribution in [0.25, 0.3) is 0 Å². The Kier molecular flexibility index (Phi) is 26.9. The summed E-state index contributed by atoms with van der Waals surface area (Å²) in [6, 6.07) is 8.11. The molecule has 5 fully saturated rings. The Bertz CT molecular complexity index is 2550. The average molecular weight is 1340 g/mol. The molecule has 5 aliphatic heterocycles. The summed E-state index contributed by atoms with van der Waals surface area (Å²) in [7, 11) is -8.30. The Hall–Kier alpha value is -1.88. The first-order chi connectivity index (χ1) is 41.9. The predicted molar refractivity (Wildman–Crippen MR) is 384 cm³/mol. The van der Waals surface area contributed by atoms with E-state index < -0.39 is 63.8 Å². The highest BCUT2D eigenvalue weighted by Crippen LogP contribution is 2.50. The van der Waals surface area contributed by atoms with Gasteiger partial charge in [0.2, 0.25) is 0 Å². The Morgan fingerprint density at radius 2 is 1.21 bits per heavy atom. The molecule has 16 heteroatoms. The number of hydrogen-bond acceptors (Lipinski definition) is 12. The van der Waals surface area contributed by atoms with Crippen LogP contribution in [0.5, 0.6) is 5.75 Å². The van der Waals surface area contributed by atoms with Gasteiger partial charge in [0.15, 0.2) is 39.1 Å². The molecule has 0 bridgehead atoms. The van der Waals surface area contributed by atoms with Crippen LogP contribution >= 0.6 is 0 Å². The standard InChI is InChI=1S/C75H132O12Si4/c1-29-31-33-61-69(85-89(23,24)73(11,12)13)71(87-91(27,28)75(17,18)19)70(86-90(25,26)74(14,15)16)68(83-61)62(84-88(21,22)72(8,9)10)42-37-55(76)36-40-57-45-50(4)60(79-57)43-41-58-44-49(3)52(6)63(80-58)47-65-66(78-48-54-34-38-56(77-20)39-35-54)53(7)67-64(81-65)46-51(5)59(82-67)32-30-2/h29,34-35,37-39,42,49,51,53,57-71H,1,4,6,30-33,36,40-41,43-48H2,2-3,5,7-28H3/b42-37+/t49-,51-,53-,57+,58+,59-,60?,61+,62+,63?,64?,65+,66-,67+,68+,69+,70-,71+/m1/s1. The number of ketones is 1. The van der Waals surface area contributed by atoms with Crippen LogP contribution in [0.3, 0.4) is 0 Å². The molecule has 0 radical (unpaired) electrons. The van der Waals surface area contributed by atoms with Crippen LogP contribution in [0.2, 0.25) is 72.5 Å². The van der Waals surface area contributed by atoms with Gasteiger partial charge in [0, 0.05) is 18.8 Å². The number of carbonyl (C=O) groups is 1. The van der Waals surface area contributed by atoms with Gasteiger partial charge in [-0.25, -0.2) is 0 Å². The van der Waals surface area contributed by atoms with Crippen molar-refractivity contribution in [1.29, 1.82) is 0 Å². The first kappa shape index (κ1) is 78.1. The lowest BCUT2D eigenvalue weighted by Crippen LogP contribution is -2.69. The van der Waals surface area contributed by atoms with E-state index in [0.29, 0.717) is 38.2 Å². The lowest BCUT2D eigenvalue weighted by molar-refractivity contribution is -0.269. The first-order valence-electron chi connectivity index (χ1n) is 35.4. The van der Waals surface area contributed by atoms with Crippen molar-refractivity contribution in [2.24, 2.45) is 17.8 Å². The van der Waals surface area contributed by atoms with E-state index in [-0.39, 0.29) is 98.8 Å². The Balaban J connectivity index is 1.19. The zero-order valence-electron chi connectivity index (χ0n) is 62.1. The van der Waals surface area contributed by atoms with Gasteiger partial charge in [0.05, 0.1) is 87.0 Å². The molecule has 12 nitrogen and oxygen atoms in total. The molecule has 5 heterocycles. The molecule has 0 amide bonds. The van der Waals surface area contributed by atoms with Crippen molar-refractivity contribution >= 4 is 39.1 Å². The number of methoxy groups -OCH3 is 1. The number of allylic oxidation sites excluding steroid dienone is 2. The molecule has 0 aliphatic carbocycles. The molecule has 3 unspecified atom stereocenters. The smallest absolute Gasteiger partial charge is 0.193 e. The maximum atomic E-state index is 14.5. The molecular weight excluding hydrogens is 1210 g/mol. The number of rotatable bonds is 28. The van der Waals surface area contributed by atoms with E-state index in [1.807, 2.05) is 24.3 Å². The van der Waals surface area contributed by atoms with Crippen molar-refractivity contribution in [1.82, 2.24) is 0 Å². The van der Waals surface area contributed by atoms with Crippen molar-refractivity contribution in [2.45, 2.75) is 359 Å². The summed E-state index contributed by atoms with van der Waals surface area (Å²) in [5.41, 5.74) is 3.29. The third-order valence-electron chi connectivity index (χ3n) is 23.2. The number of fused-ring (bicyclic) bond motifs is 1. The lowest BCUT2D eigenvalue weighted by Gasteiger charge is -2.56. The fourth-order valence-corrected chi connectivity index (χ4v) is 18.1. The minimum atomic E-state index is -2.54. The van der Waals surface area contributed by atoms with Crippen LogP contribution in [0.1, 0.15) is 193 Å². The van der Waals surface area contributed by atoms with Crippen LogP contribution < -0.4 is 4.74 Å². The number of ether oxygens (including phenoxy) is 7. The van der Waals surface area contributed by atoms with Crippen LogP contribution in [0, 0.1) is 17.8 Å². The predicted octanol–water partition coefficient (Wildman–Crippen LogP) is 19.0. The van der Waals surface area contributed by atoms with Crippen molar-refractivity contribution in [3.8, 4) is 5.75 Å². The zero-order chi connectivity index (χ0) is 68.2. The highest BCUT2D eigenvalue weighted by atomic mass is 28.4. The molecular formula is C75H132O12Si4. The summed E-state index contributed by atoms with van der Waals surface area (Å²) in [5, 5.41) is -0.423. The second-order valence-corrected chi connectivity index (χ2v) is 53.5. The summed E-state index contributed by atoms with van der Waals surface area (Å²) >= 11 is 0. The van der Waals surface area contributed by atoms with Crippen molar-refractivity contribution in [2.75, 3.05) is 7.11 Å². The van der Waals surface area contributed by atoms with Gasteiger partial charge in [-0.3, -0.25) is 4.79 Å². The molecule has 5 saturated heterocycles. The molecule has 1 aromatic rings. The van der Waals surface area contributed by atoms with E-state index in [2.05, 4.69) is 195 Å². The van der Waals surface area contributed by atoms with Crippen LogP contribution in [-0.4, -0.2) is 138 Å². The Morgan fingerprint density at radius 3 is 1.77 bits per heavy atom. The van der Waals surface area contributed by atoms with Gasteiger partial charge < -0.3 is 50.9 Å². The van der Waals surface area contributed by atoms with Crippen LogP contribution in [-0.2, 0) is 57.5 Å². The first-order valence-corrected chi connectivity index (χ1v) is 47.0. The fourth-order valence-electron chi connectivity index (χ4n) is 12.9. The fraction of sp³-hybridized carbons (Fsp3) is 0.800. The molecule has 0 spiro atoms. The zero-order valence-corrected chi connectivity index (χ0v) is 66.1. The van der Waals surface area contributed by atoms with Gasteiger partial charge >= 0.3 is 0 Å². The number of benzene rings is 1. The average Bonchev–Trinajstić information content (AvgIpc) is 1.10. The largest absolute Gasteiger partial charge is 0.497 e. The topological polar surface area (TPSA) is 119 Å². The summed E-state index contributed by atoms with van der Waals surface area (Å²) in [5.74, 6) is 1.68. The number of hydrogen-bond donors (Lipinski definition) is 0. The van der Waals surface area contributed by atoms with E-state index in [4.69, 9.17) is 50.9 Å². The van der Waals surface area contributed by atoms with E-state index in [0.717, 1.165) is 73.8 Å². The van der Waals surface area contributed by atoms with Crippen molar-refractivity contribution < 1.29 is 55.7 Å². The molecule has 18 atom stereocenters. The van der Waals surface area contributed by atoms with Gasteiger partial charge in [0.1, 0.15) is 24.1 Å². The molecule has 0 N–H and O–H groups in total. The van der Waals surface area contributed by atoms with Crippen molar-refractivity contribution in [3.05, 3.63) is 78.9 Å². The van der Waals surface area contributed by atoms with E-state index in [1.165, 1.54) is 0 Å². The maximum Gasteiger partial charge on any atom is 0.193 e. The molecule has 0 saturated carbocycles. The third kappa shape index (κ3) is 19.9. The quantitative estimate of drug-likeness (QED) is 0.0451. The molecule has 0 aromatic heterocycles. The molecule has 520 valence electrons.